The molecule has 0 aliphatic heterocycles. The Labute approximate surface area is 144 Å². The second kappa shape index (κ2) is 14.2. The number of aliphatic hydroxyl groups excluding tert-OH is 4. The summed E-state index contributed by atoms with van der Waals surface area (Å²) in [6, 6.07) is 0. The first-order valence-electron chi connectivity index (χ1n) is 8.83. The van der Waals surface area contributed by atoms with Crippen LogP contribution in [0.15, 0.2) is 0 Å². The fourth-order valence-corrected chi connectivity index (χ4v) is 2.28. The summed E-state index contributed by atoms with van der Waals surface area (Å²) in [4.78, 5) is 10.4. The number of rotatable bonds is 13. The number of carboxylic acids is 1. The van der Waals surface area contributed by atoms with Crippen molar-refractivity contribution in [1.29, 1.82) is 0 Å². The van der Waals surface area contributed by atoms with Crippen LogP contribution in [0.25, 0.3) is 0 Å². The second-order valence-corrected chi connectivity index (χ2v) is 6.15. The van der Waals surface area contributed by atoms with Crippen molar-refractivity contribution in [2.45, 2.75) is 95.5 Å². The molecule has 0 bridgehead atoms. The SMILES string of the molecule is CCCC[C@H](O)C#C[C@@H](O)[C@H](O)[C@H](O)CCCCCCCC(=O)O. The summed E-state index contributed by atoms with van der Waals surface area (Å²) in [5, 5.41) is 47.5. The number of unbranched alkanes of at least 4 members (excludes halogenated alkanes) is 5. The standard InChI is InChI=1S/C18H32O6/c1-2-3-9-14(19)12-13-16(21)18(24)15(20)10-7-5-4-6-8-11-17(22)23/h14-16,18-21,24H,2-11H2,1H3,(H,22,23)/t14-,15+,16+,18+/m0/s1. The Kier molecular flexibility index (Phi) is 13.6. The van der Waals surface area contributed by atoms with E-state index < -0.39 is 30.4 Å². The van der Waals surface area contributed by atoms with Gasteiger partial charge in [-0.1, -0.05) is 57.3 Å². The van der Waals surface area contributed by atoms with Gasteiger partial charge in [-0.2, -0.15) is 0 Å². The molecule has 4 atom stereocenters. The molecule has 6 nitrogen and oxygen atoms in total. The van der Waals surface area contributed by atoms with Crippen LogP contribution in [0.5, 0.6) is 0 Å². The zero-order valence-electron chi connectivity index (χ0n) is 14.5. The van der Waals surface area contributed by atoms with Crippen LogP contribution in [0.4, 0.5) is 0 Å². The molecule has 0 heterocycles. The van der Waals surface area contributed by atoms with Gasteiger partial charge in [-0.05, 0) is 19.3 Å². The molecule has 0 aromatic carbocycles. The van der Waals surface area contributed by atoms with Crippen molar-refractivity contribution in [3.8, 4) is 11.8 Å². The van der Waals surface area contributed by atoms with Gasteiger partial charge in [-0.25, -0.2) is 0 Å². The van der Waals surface area contributed by atoms with Gasteiger partial charge in [0.15, 0.2) is 0 Å². The lowest BCUT2D eigenvalue weighted by atomic mass is 10.0. The molecule has 0 saturated carbocycles. The molecular weight excluding hydrogens is 312 g/mol. The van der Waals surface area contributed by atoms with Crippen LogP contribution in [0.1, 0.15) is 71.1 Å². The Morgan fingerprint density at radius 1 is 0.875 bits per heavy atom. The number of carbonyl (C=O) groups is 1. The Morgan fingerprint density at radius 2 is 1.50 bits per heavy atom. The van der Waals surface area contributed by atoms with Crippen LogP contribution >= 0.6 is 0 Å². The van der Waals surface area contributed by atoms with Gasteiger partial charge in [0.1, 0.15) is 18.3 Å². The van der Waals surface area contributed by atoms with Crippen molar-refractivity contribution in [1.82, 2.24) is 0 Å². The molecule has 0 saturated heterocycles. The van der Waals surface area contributed by atoms with Gasteiger partial charge in [0, 0.05) is 6.42 Å². The normalized spacial score (nSPS) is 15.9. The molecule has 140 valence electrons. The fraction of sp³-hybridized carbons (Fsp3) is 0.833. The summed E-state index contributed by atoms with van der Waals surface area (Å²) in [6.45, 7) is 2.00. The Bertz CT molecular complexity index is 387. The summed E-state index contributed by atoms with van der Waals surface area (Å²) in [5.74, 6) is 4.09. The maximum Gasteiger partial charge on any atom is 0.303 e. The van der Waals surface area contributed by atoms with Crippen LogP contribution in [0.2, 0.25) is 0 Å². The van der Waals surface area contributed by atoms with Crippen molar-refractivity contribution in [2.24, 2.45) is 0 Å². The first-order chi connectivity index (χ1) is 11.4. The molecule has 0 fully saturated rings. The first-order valence-corrected chi connectivity index (χ1v) is 8.83. The summed E-state index contributed by atoms with van der Waals surface area (Å²) in [7, 11) is 0. The van der Waals surface area contributed by atoms with Gasteiger partial charge in [0.25, 0.3) is 0 Å². The van der Waals surface area contributed by atoms with Crippen molar-refractivity contribution >= 4 is 5.97 Å². The molecule has 0 aromatic heterocycles. The topological polar surface area (TPSA) is 118 Å². The maximum atomic E-state index is 10.4. The predicted octanol–water partition coefficient (Wildman–Crippen LogP) is 1.44. The number of aliphatic hydroxyl groups is 4. The van der Waals surface area contributed by atoms with Gasteiger partial charge in [-0.15, -0.1) is 0 Å². The third-order valence-electron chi connectivity index (χ3n) is 3.84. The highest BCUT2D eigenvalue weighted by Gasteiger charge is 2.22. The average Bonchev–Trinajstić information content (AvgIpc) is 2.55. The Balaban J connectivity index is 3.90. The third-order valence-corrected chi connectivity index (χ3v) is 3.84. The largest absolute Gasteiger partial charge is 0.481 e. The minimum absolute atomic E-state index is 0.177. The van der Waals surface area contributed by atoms with E-state index in [1.807, 2.05) is 6.92 Å². The first kappa shape index (κ1) is 22.9. The molecule has 0 aromatic rings. The van der Waals surface area contributed by atoms with E-state index in [0.29, 0.717) is 25.7 Å². The van der Waals surface area contributed by atoms with Crippen molar-refractivity contribution in [3.05, 3.63) is 0 Å². The van der Waals surface area contributed by atoms with Crippen LogP contribution in [-0.2, 0) is 4.79 Å². The summed E-state index contributed by atoms with van der Waals surface area (Å²) >= 11 is 0. The van der Waals surface area contributed by atoms with Crippen molar-refractivity contribution in [3.63, 3.8) is 0 Å². The fourth-order valence-electron chi connectivity index (χ4n) is 2.28. The molecule has 0 spiro atoms. The molecule has 6 heteroatoms. The quantitative estimate of drug-likeness (QED) is 0.255. The minimum Gasteiger partial charge on any atom is -0.481 e. The molecule has 0 rings (SSSR count). The monoisotopic (exact) mass is 344 g/mol. The van der Waals surface area contributed by atoms with E-state index in [9.17, 15) is 25.2 Å². The van der Waals surface area contributed by atoms with Crippen LogP contribution < -0.4 is 0 Å². The molecule has 0 amide bonds. The molecule has 0 aliphatic rings. The van der Waals surface area contributed by atoms with Gasteiger partial charge in [0.05, 0.1) is 6.10 Å². The Morgan fingerprint density at radius 3 is 2.12 bits per heavy atom. The van der Waals surface area contributed by atoms with Gasteiger partial charge in [-0.3, -0.25) is 4.79 Å². The van der Waals surface area contributed by atoms with E-state index in [1.165, 1.54) is 0 Å². The number of carboxylic acid groups (broad SMARTS) is 1. The zero-order valence-corrected chi connectivity index (χ0v) is 14.5. The van der Waals surface area contributed by atoms with Crippen molar-refractivity contribution < 1.29 is 30.3 Å². The molecule has 5 N–H and O–H groups in total. The minimum atomic E-state index is -1.38. The molecular formula is C18H32O6. The highest BCUT2D eigenvalue weighted by atomic mass is 16.4. The maximum absolute atomic E-state index is 10.4. The molecule has 24 heavy (non-hydrogen) atoms. The van der Waals surface area contributed by atoms with Crippen LogP contribution in [0, 0.1) is 11.8 Å². The molecule has 0 aliphatic carbocycles. The van der Waals surface area contributed by atoms with E-state index in [1.54, 1.807) is 0 Å². The zero-order chi connectivity index (χ0) is 18.4. The van der Waals surface area contributed by atoms with Crippen LogP contribution in [0.3, 0.4) is 0 Å². The highest BCUT2D eigenvalue weighted by Crippen LogP contribution is 2.12. The van der Waals surface area contributed by atoms with E-state index in [-0.39, 0.29) is 6.42 Å². The average molecular weight is 344 g/mol. The second-order valence-electron chi connectivity index (χ2n) is 6.15. The predicted molar refractivity (Wildman–Crippen MR) is 91.3 cm³/mol. The van der Waals surface area contributed by atoms with E-state index in [4.69, 9.17) is 5.11 Å². The van der Waals surface area contributed by atoms with Crippen molar-refractivity contribution in [2.75, 3.05) is 0 Å². The van der Waals surface area contributed by atoms with E-state index in [0.717, 1.165) is 32.1 Å². The third kappa shape index (κ3) is 12.3. The van der Waals surface area contributed by atoms with Gasteiger partial charge >= 0.3 is 5.97 Å². The smallest absolute Gasteiger partial charge is 0.303 e. The summed E-state index contributed by atoms with van der Waals surface area (Å²) < 4.78 is 0. The molecule has 0 radical (unpaired) electrons. The number of hydrogen-bond acceptors (Lipinski definition) is 5. The number of aliphatic carboxylic acids is 1. The van der Waals surface area contributed by atoms with Gasteiger partial charge in [0.2, 0.25) is 0 Å². The van der Waals surface area contributed by atoms with Crippen LogP contribution in [-0.4, -0.2) is 55.9 Å². The van der Waals surface area contributed by atoms with Gasteiger partial charge < -0.3 is 25.5 Å². The number of hydrogen-bond donors (Lipinski definition) is 5. The lowest BCUT2D eigenvalue weighted by Crippen LogP contribution is -2.36. The highest BCUT2D eigenvalue weighted by molar-refractivity contribution is 5.66. The molecule has 0 unspecified atom stereocenters. The Hall–Kier alpha value is -1.13. The lowest BCUT2D eigenvalue weighted by molar-refractivity contribution is -0.137. The van der Waals surface area contributed by atoms with E-state index in [2.05, 4.69) is 11.8 Å². The summed E-state index contributed by atoms with van der Waals surface area (Å²) in [5.41, 5.74) is 0. The van der Waals surface area contributed by atoms with E-state index >= 15 is 0 Å². The lowest BCUT2D eigenvalue weighted by Gasteiger charge is -2.19. The summed E-state index contributed by atoms with van der Waals surface area (Å²) in [6.07, 6.45) is 2.06.